The summed E-state index contributed by atoms with van der Waals surface area (Å²) in [5, 5.41) is 2.75. The van der Waals surface area contributed by atoms with Crippen molar-refractivity contribution in [3.63, 3.8) is 0 Å². The normalized spacial score (nSPS) is 13.2. The lowest BCUT2D eigenvalue weighted by Crippen LogP contribution is -2.27. The van der Waals surface area contributed by atoms with Crippen LogP contribution in [0, 0.1) is 6.92 Å². The van der Waals surface area contributed by atoms with Gasteiger partial charge in [-0.3, -0.25) is 4.98 Å². The Hall–Kier alpha value is -1.03. The number of halogens is 2. The topological polar surface area (TPSA) is 24.9 Å². The Morgan fingerprint density at radius 1 is 1.50 bits per heavy atom. The number of pyridine rings is 1. The predicted molar refractivity (Wildman–Crippen MR) is 51.4 cm³/mol. The van der Waals surface area contributed by atoms with Gasteiger partial charge >= 0.3 is 0 Å². The fourth-order valence-corrected chi connectivity index (χ4v) is 1.36. The standard InChI is InChI=1S/C10H14F2N2/c1-3-14-9(10(11)12)8-6-13-5-4-7(8)2/h4-6,9-10,14H,3H2,1-2H3. The maximum Gasteiger partial charge on any atom is 0.257 e. The van der Waals surface area contributed by atoms with E-state index in [0.717, 1.165) is 5.56 Å². The second-order valence-electron chi connectivity index (χ2n) is 3.10. The number of nitrogens with one attached hydrogen (secondary N) is 1. The monoisotopic (exact) mass is 200 g/mol. The van der Waals surface area contributed by atoms with Gasteiger partial charge in [-0.1, -0.05) is 6.92 Å². The minimum atomic E-state index is -2.40. The first-order valence-corrected chi connectivity index (χ1v) is 4.58. The molecule has 0 saturated carbocycles. The third kappa shape index (κ3) is 2.48. The Balaban J connectivity index is 2.93. The molecule has 1 aromatic heterocycles. The molecular weight excluding hydrogens is 186 g/mol. The van der Waals surface area contributed by atoms with Crippen LogP contribution in [0.2, 0.25) is 0 Å². The second-order valence-corrected chi connectivity index (χ2v) is 3.10. The first-order chi connectivity index (χ1) is 6.66. The fraction of sp³-hybridized carbons (Fsp3) is 0.500. The van der Waals surface area contributed by atoms with Gasteiger partial charge in [0, 0.05) is 12.4 Å². The lowest BCUT2D eigenvalue weighted by Gasteiger charge is -2.18. The van der Waals surface area contributed by atoms with Gasteiger partial charge in [0.25, 0.3) is 6.43 Å². The van der Waals surface area contributed by atoms with Gasteiger partial charge in [-0.25, -0.2) is 8.78 Å². The summed E-state index contributed by atoms with van der Waals surface area (Å²) in [6.45, 7) is 4.13. The molecule has 0 bridgehead atoms. The summed E-state index contributed by atoms with van der Waals surface area (Å²) in [7, 11) is 0. The number of rotatable bonds is 4. The molecule has 1 unspecified atom stereocenters. The van der Waals surface area contributed by atoms with Crippen molar-refractivity contribution in [3.8, 4) is 0 Å². The van der Waals surface area contributed by atoms with Crippen LogP contribution in [-0.2, 0) is 0 Å². The SMILES string of the molecule is CCNC(c1cnccc1C)C(F)F. The number of aromatic nitrogens is 1. The van der Waals surface area contributed by atoms with Gasteiger partial charge in [0.05, 0.1) is 6.04 Å². The van der Waals surface area contributed by atoms with Crippen molar-refractivity contribution in [1.29, 1.82) is 0 Å². The zero-order valence-electron chi connectivity index (χ0n) is 8.30. The maximum atomic E-state index is 12.7. The van der Waals surface area contributed by atoms with Crippen LogP contribution >= 0.6 is 0 Å². The molecule has 0 aliphatic rings. The summed E-state index contributed by atoms with van der Waals surface area (Å²) in [6.07, 6.45) is 0.695. The molecule has 0 fully saturated rings. The first-order valence-electron chi connectivity index (χ1n) is 4.58. The number of hydrogen-bond acceptors (Lipinski definition) is 2. The number of nitrogens with zero attached hydrogens (tertiary/aromatic N) is 1. The van der Waals surface area contributed by atoms with E-state index in [0.29, 0.717) is 12.1 Å². The average molecular weight is 200 g/mol. The molecular formula is C10H14F2N2. The molecule has 2 nitrogen and oxygen atoms in total. The molecule has 78 valence electrons. The van der Waals surface area contributed by atoms with Gasteiger partial charge in [-0.2, -0.15) is 0 Å². The third-order valence-electron chi connectivity index (χ3n) is 2.09. The molecule has 0 aliphatic heterocycles. The Labute approximate surface area is 82.4 Å². The molecule has 0 radical (unpaired) electrons. The van der Waals surface area contributed by atoms with Crippen LogP contribution in [0.15, 0.2) is 18.5 Å². The van der Waals surface area contributed by atoms with E-state index in [1.807, 2.05) is 6.92 Å². The molecule has 1 atom stereocenters. The molecule has 14 heavy (non-hydrogen) atoms. The lowest BCUT2D eigenvalue weighted by molar-refractivity contribution is 0.0988. The van der Waals surface area contributed by atoms with Crippen molar-refractivity contribution in [1.82, 2.24) is 10.3 Å². The minimum Gasteiger partial charge on any atom is -0.305 e. The van der Waals surface area contributed by atoms with Gasteiger partial charge in [-0.05, 0) is 30.7 Å². The van der Waals surface area contributed by atoms with Crippen LogP contribution in [0.3, 0.4) is 0 Å². The Morgan fingerprint density at radius 3 is 2.71 bits per heavy atom. The third-order valence-corrected chi connectivity index (χ3v) is 2.09. The zero-order valence-corrected chi connectivity index (χ0v) is 8.30. The maximum absolute atomic E-state index is 12.7. The summed E-state index contributed by atoms with van der Waals surface area (Å²) >= 11 is 0. The van der Waals surface area contributed by atoms with E-state index < -0.39 is 12.5 Å². The zero-order chi connectivity index (χ0) is 10.6. The van der Waals surface area contributed by atoms with Crippen LogP contribution in [-0.4, -0.2) is 18.0 Å². The van der Waals surface area contributed by atoms with Crippen LogP contribution in [0.25, 0.3) is 0 Å². The fourth-order valence-electron chi connectivity index (χ4n) is 1.36. The summed E-state index contributed by atoms with van der Waals surface area (Å²) < 4.78 is 25.3. The molecule has 0 amide bonds. The van der Waals surface area contributed by atoms with Crippen LogP contribution in [0.1, 0.15) is 24.1 Å². The van der Waals surface area contributed by atoms with Crippen LogP contribution in [0.5, 0.6) is 0 Å². The van der Waals surface area contributed by atoms with Gasteiger partial charge in [-0.15, -0.1) is 0 Å². The quantitative estimate of drug-likeness (QED) is 0.806. The van der Waals surface area contributed by atoms with Gasteiger partial charge < -0.3 is 5.32 Å². The van der Waals surface area contributed by atoms with Crippen LogP contribution in [0.4, 0.5) is 8.78 Å². The van der Waals surface area contributed by atoms with Crippen LogP contribution < -0.4 is 5.32 Å². The molecule has 1 heterocycles. The van der Waals surface area contributed by atoms with Crippen molar-refractivity contribution in [3.05, 3.63) is 29.6 Å². The molecule has 0 spiro atoms. The molecule has 0 aromatic carbocycles. The number of hydrogen-bond donors (Lipinski definition) is 1. The number of aryl methyl sites for hydroxylation is 1. The first kappa shape index (κ1) is 11.0. The van der Waals surface area contributed by atoms with Crippen molar-refractivity contribution in [2.75, 3.05) is 6.54 Å². The van der Waals surface area contributed by atoms with E-state index in [9.17, 15) is 8.78 Å². The minimum absolute atomic E-state index is 0.517. The summed E-state index contributed by atoms with van der Waals surface area (Å²) in [4.78, 5) is 3.86. The van der Waals surface area contributed by atoms with E-state index in [1.54, 1.807) is 19.2 Å². The molecule has 4 heteroatoms. The van der Waals surface area contributed by atoms with E-state index in [-0.39, 0.29) is 0 Å². The smallest absolute Gasteiger partial charge is 0.257 e. The molecule has 1 aromatic rings. The van der Waals surface area contributed by atoms with E-state index >= 15 is 0 Å². The van der Waals surface area contributed by atoms with Crippen molar-refractivity contribution in [2.24, 2.45) is 0 Å². The van der Waals surface area contributed by atoms with Gasteiger partial charge in [0.15, 0.2) is 0 Å². The largest absolute Gasteiger partial charge is 0.305 e. The Morgan fingerprint density at radius 2 is 2.21 bits per heavy atom. The van der Waals surface area contributed by atoms with E-state index in [1.165, 1.54) is 6.20 Å². The van der Waals surface area contributed by atoms with E-state index in [4.69, 9.17) is 0 Å². The highest BCUT2D eigenvalue weighted by Gasteiger charge is 2.22. The second kappa shape index (κ2) is 5.00. The molecule has 0 saturated heterocycles. The molecule has 1 rings (SSSR count). The summed E-state index contributed by atoms with van der Waals surface area (Å²) in [5.74, 6) is 0. The predicted octanol–water partition coefficient (Wildman–Crippen LogP) is 2.31. The Kier molecular flexibility index (Phi) is 3.95. The lowest BCUT2D eigenvalue weighted by atomic mass is 10.0. The van der Waals surface area contributed by atoms with Crippen molar-refractivity contribution >= 4 is 0 Å². The van der Waals surface area contributed by atoms with Gasteiger partial charge in [0.2, 0.25) is 0 Å². The summed E-state index contributed by atoms with van der Waals surface area (Å²) in [5.41, 5.74) is 1.41. The number of alkyl halides is 2. The summed E-state index contributed by atoms with van der Waals surface area (Å²) in [6, 6.07) is 0.830. The highest BCUT2D eigenvalue weighted by Crippen LogP contribution is 2.22. The van der Waals surface area contributed by atoms with Crippen molar-refractivity contribution < 1.29 is 8.78 Å². The van der Waals surface area contributed by atoms with Gasteiger partial charge in [0.1, 0.15) is 0 Å². The molecule has 1 N–H and O–H groups in total. The average Bonchev–Trinajstić information content (AvgIpc) is 2.15. The van der Waals surface area contributed by atoms with Crippen molar-refractivity contribution in [2.45, 2.75) is 26.3 Å². The molecule has 0 aliphatic carbocycles. The highest BCUT2D eigenvalue weighted by molar-refractivity contribution is 5.25. The highest BCUT2D eigenvalue weighted by atomic mass is 19.3. The Bertz CT molecular complexity index is 289. The van der Waals surface area contributed by atoms with E-state index in [2.05, 4.69) is 10.3 Å².